The van der Waals surface area contributed by atoms with Crippen molar-refractivity contribution in [2.75, 3.05) is 13.2 Å². The number of rotatable bonds is 2. The molecule has 7 nitrogen and oxygen atoms in total. The van der Waals surface area contributed by atoms with Gasteiger partial charge in [0.15, 0.2) is 5.79 Å². The Bertz CT molecular complexity index is 402. The van der Waals surface area contributed by atoms with Gasteiger partial charge in [-0.25, -0.2) is 0 Å². The lowest BCUT2D eigenvalue weighted by Gasteiger charge is -2.42. The summed E-state index contributed by atoms with van der Waals surface area (Å²) in [7, 11) is 0. The van der Waals surface area contributed by atoms with E-state index in [9.17, 15) is 9.90 Å². The number of aliphatic hydroxyl groups is 1. The Morgan fingerprint density at radius 1 is 1.42 bits per heavy atom. The number of aliphatic hydroxyl groups excluding tert-OH is 1. The number of carbonyl (C=O) groups is 1. The van der Waals surface area contributed by atoms with Gasteiger partial charge in [0.05, 0.1) is 12.6 Å². The second kappa shape index (κ2) is 4.13. The molecule has 0 aromatic heterocycles. The van der Waals surface area contributed by atoms with Crippen LogP contribution in [0.15, 0.2) is 0 Å². The molecule has 1 amide bonds. The van der Waals surface area contributed by atoms with Crippen LogP contribution in [0, 0.1) is 0 Å². The molecule has 108 valence electrons. The Balaban J connectivity index is 1.92. The minimum atomic E-state index is -0.794. The standard InChI is InChI=1S/C12H20N2O5/c1-6(16)14-7-8-9(18-11(2,3)17-8)12(5-15)4-13-10(7)19-12/h7-10,13,15H,4-5H2,1-3H3,(H,14,16)/t7-,8?,9?,10?,12?/m0/s1. The van der Waals surface area contributed by atoms with Crippen LogP contribution in [0.2, 0.25) is 0 Å². The van der Waals surface area contributed by atoms with E-state index >= 15 is 0 Å². The van der Waals surface area contributed by atoms with Gasteiger partial charge < -0.3 is 24.6 Å². The molecule has 3 aliphatic heterocycles. The topological polar surface area (TPSA) is 89.1 Å². The van der Waals surface area contributed by atoms with Gasteiger partial charge in [-0.2, -0.15) is 0 Å². The van der Waals surface area contributed by atoms with E-state index in [1.54, 1.807) is 0 Å². The second-order valence-electron chi connectivity index (χ2n) is 5.89. The number of hydrogen-bond acceptors (Lipinski definition) is 6. The van der Waals surface area contributed by atoms with Crippen molar-refractivity contribution in [3.05, 3.63) is 0 Å². The fourth-order valence-electron chi connectivity index (χ4n) is 3.18. The normalized spacial score (nSPS) is 46.9. The van der Waals surface area contributed by atoms with Crippen molar-refractivity contribution in [1.82, 2.24) is 10.6 Å². The zero-order chi connectivity index (χ0) is 13.8. The highest BCUT2D eigenvalue weighted by molar-refractivity contribution is 5.73. The Labute approximate surface area is 111 Å². The third-order valence-electron chi connectivity index (χ3n) is 3.93. The lowest BCUT2D eigenvalue weighted by Crippen LogP contribution is -2.65. The summed E-state index contributed by atoms with van der Waals surface area (Å²) in [5, 5.41) is 15.7. The van der Waals surface area contributed by atoms with Crippen LogP contribution in [0.3, 0.4) is 0 Å². The van der Waals surface area contributed by atoms with Crippen LogP contribution in [0.4, 0.5) is 0 Å². The van der Waals surface area contributed by atoms with Crippen LogP contribution in [-0.2, 0) is 19.0 Å². The molecule has 0 aromatic rings. The molecule has 0 spiro atoms. The Morgan fingerprint density at radius 2 is 2.16 bits per heavy atom. The highest BCUT2D eigenvalue weighted by Gasteiger charge is 2.64. The molecular weight excluding hydrogens is 252 g/mol. The maximum atomic E-state index is 11.3. The van der Waals surface area contributed by atoms with Crippen molar-refractivity contribution in [2.24, 2.45) is 0 Å². The van der Waals surface area contributed by atoms with Gasteiger partial charge in [-0.05, 0) is 13.8 Å². The number of nitrogens with one attached hydrogen (secondary N) is 2. The summed E-state index contributed by atoms with van der Waals surface area (Å²) in [5.41, 5.74) is -0.794. The summed E-state index contributed by atoms with van der Waals surface area (Å²) >= 11 is 0. The molecule has 0 radical (unpaired) electrons. The predicted octanol–water partition coefficient (Wildman–Crippen LogP) is -1.30. The van der Waals surface area contributed by atoms with Gasteiger partial charge in [-0.3, -0.25) is 10.1 Å². The molecule has 3 aliphatic rings. The molecule has 2 bridgehead atoms. The first-order valence-corrected chi connectivity index (χ1v) is 6.52. The summed E-state index contributed by atoms with van der Waals surface area (Å²) in [5.74, 6) is -0.895. The van der Waals surface area contributed by atoms with Crippen LogP contribution in [0.5, 0.6) is 0 Å². The zero-order valence-corrected chi connectivity index (χ0v) is 11.3. The van der Waals surface area contributed by atoms with E-state index in [-0.39, 0.29) is 30.9 Å². The second-order valence-corrected chi connectivity index (χ2v) is 5.89. The quantitative estimate of drug-likeness (QED) is 0.579. The number of amides is 1. The predicted molar refractivity (Wildman–Crippen MR) is 64.1 cm³/mol. The molecule has 3 heterocycles. The molecule has 3 fully saturated rings. The Morgan fingerprint density at radius 3 is 2.79 bits per heavy atom. The fourth-order valence-corrected chi connectivity index (χ4v) is 3.18. The van der Waals surface area contributed by atoms with E-state index in [0.717, 1.165) is 0 Å². The van der Waals surface area contributed by atoms with Crippen LogP contribution in [-0.4, -0.2) is 60.0 Å². The molecular formula is C12H20N2O5. The van der Waals surface area contributed by atoms with Crippen LogP contribution in [0.25, 0.3) is 0 Å². The van der Waals surface area contributed by atoms with Gasteiger partial charge in [0.2, 0.25) is 5.91 Å². The number of carbonyl (C=O) groups excluding carboxylic acids is 1. The lowest BCUT2D eigenvalue weighted by molar-refractivity contribution is -0.195. The largest absolute Gasteiger partial charge is 0.393 e. The van der Waals surface area contributed by atoms with Gasteiger partial charge in [0, 0.05) is 13.5 Å². The average molecular weight is 272 g/mol. The molecule has 19 heavy (non-hydrogen) atoms. The molecule has 0 aromatic carbocycles. The maximum absolute atomic E-state index is 11.3. The van der Waals surface area contributed by atoms with E-state index in [2.05, 4.69) is 10.6 Å². The number of ether oxygens (including phenoxy) is 3. The molecule has 3 N–H and O–H groups in total. The SMILES string of the molecule is CC(=O)N[C@@H]1C2NCC(CO)(O2)C2OC(C)(C)OC21. The van der Waals surface area contributed by atoms with E-state index in [4.69, 9.17) is 14.2 Å². The van der Waals surface area contributed by atoms with Gasteiger partial charge in [-0.1, -0.05) is 0 Å². The first-order valence-electron chi connectivity index (χ1n) is 6.52. The minimum absolute atomic E-state index is 0.147. The van der Waals surface area contributed by atoms with Crippen LogP contribution in [0.1, 0.15) is 20.8 Å². The highest BCUT2D eigenvalue weighted by Crippen LogP contribution is 2.44. The van der Waals surface area contributed by atoms with E-state index in [0.29, 0.717) is 6.54 Å². The third-order valence-corrected chi connectivity index (χ3v) is 3.93. The Kier molecular flexibility index (Phi) is 2.88. The summed E-state index contributed by atoms with van der Waals surface area (Å²) in [6, 6.07) is -0.327. The van der Waals surface area contributed by atoms with Crippen molar-refractivity contribution in [3.63, 3.8) is 0 Å². The van der Waals surface area contributed by atoms with Crippen molar-refractivity contribution >= 4 is 5.91 Å². The van der Waals surface area contributed by atoms with E-state index in [1.165, 1.54) is 6.92 Å². The summed E-state index contributed by atoms with van der Waals surface area (Å²) in [6.07, 6.45) is -1.11. The van der Waals surface area contributed by atoms with Crippen molar-refractivity contribution < 1.29 is 24.1 Å². The summed E-state index contributed by atoms with van der Waals surface area (Å²) in [6.45, 7) is 5.43. The zero-order valence-electron chi connectivity index (χ0n) is 11.3. The van der Waals surface area contributed by atoms with Gasteiger partial charge in [-0.15, -0.1) is 0 Å². The smallest absolute Gasteiger partial charge is 0.217 e. The van der Waals surface area contributed by atoms with Gasteiger partial charge >= 0.3 is 0 Å². The van der Waals surface area contributed by atoms with Gasteiger partial charge in [0.1, 0.15) is 24.0 Å². The molecule has 0 saturated carbocycles. The van der Waals surface area contributed by atoms with Crippen molar-refractivity contribution in [2.45, 2.75) is 56.6 Å². The van der Waals surface area contributed by atoms with E-state index < -0.39 is 17.5 Å². The summed E-state index contributed by atoms with van der Waals surface area (Å²) < 4.78 is 17.7. The maximum Gasteiger partial charge on any atom is 0.217 e. The fraction of sp³-hybridized carbons (Fsp3) is 0.917. The average Bonchev–Trinajstić information content (AvgIpc) is 2.85. The molecule has 7 heteroatoms. The Hall–Kier alpha value is -0.730. The third kappa shape index (κ3) is 1.96. The number of fused-ring (bicyclic) bond motifs is 4. The molecule has 5 atom stereocenters. The monoisotopic (exact) mass is 272 g/mol. The van der Waals surface area contributed by atoms with E-state index in [1.807, 2.05) is 13.8 Å². The molecule has 3 rings (SSSR count). The first kappa shape index (κ1) is 13.3. The molecule has 0 aliphatic carbocycles. The van der Waals surface area contributed by atoms with Crippen molar-refractivity contribution in [3.8, 4) is 0 Å². The van der Waals surface area contributed by atoms with Gasteiger partial charge in [0.25, 0.3) is 0 Å². The van der Waals surface area contributed by atoms with Crippen LogP contribution < -0.4 is 10.6 Å². The van der Waals surface area contributed by atoms with Crippen LogP contribution >= 0.6 is 0 Å². The highest BCUT2D eigenvalue weighted by atomic mass is 16.8. The molecule has 4 unspecified atom stereocenters. The van der Waals surface area contributed by atoms with Crippen molar-refractivity contribution in [1.29, 1.82) is 0 Å². The molecule has 3 saturated heterocycles. The lowest BCUT2D eigenvalue weighted by atomic mass is 9.88. The minimum Gasteiger partial charge on any atom is -0.393 e. The summed E-state index contributed by atoms with van der Waals surface area (Å²) in [4.78, 5) is 11.3. The first-order chi connectivity index (χ1) is 8.87. The number of hydrogen-bond donors (Lipinski definition) is 3.